The second-order valence-corrected chi connectivity index (χ2v) is 6.80. The standard InChI is InChI=1S/C19H22FN5O/c1-12-15-7-10-25(19(26)17-6-9-21-24-17)11-8-16(15)23-18(22-12)13-2-4-14(20)5-3-13/h2-5,17,21,24H,6-11H2,1H3. The molecular formula is C19H22FN5O. The van der Waals surface area contributed by atoms with Gasteiger partial charge in [0.2, 0.25) is 5.91 Å². The van der Waals surface area contributed by atoms with Crippen LogP contribution in [0.1, 0.15) is 23.4 Å². The highest BCUT2D eigenvalue weighted by Crippen LogP contribution is 2.23. The van der Waals surface area contributed by atoms with E-state index < -0.39 is 0 Å². The maximum Gasteiger partial charge on any atom is 0.241 e. The molecule has 3 heterocycles. The van der Waals surface area contributed by atoms with Gasteiger partial charge in [0.15, 0.2) is 5.82 Å². The van der Waals surface area contributed by atoms with Gasteiger partial charge in [0.05, 0.1) is 0 Å². The average Bonchev–Trinajstić information content (AvgIpc) is 3.09. The number of aromatic nitrogens is 2. The number of carbonyl (C=O) groups excluding carboxylic acids is 1. The summed E-state index contributed by atoms with van der Waals surface area (Å²) >= 11 is 0. The van der Waals surface area contributed by atoms with Gasteiger partial charge in [-0.3, -0.25) is 10.2 Å². The number of halogens is 1. The van der Waals surface area contributed by atoms with E-state index in [0.29, 0.717) is 25.3 Å². The van der Waals surface area contributed by atoms with Crippen LogP contribution in [-0.4, -0.2) is 46.5 Å². The molecule has 4 rings (SSSR count). The number of nitrogens with one attached hydrogen (secondary N) is 2. The minimum absolute atomic E-state index is 0.141. The summed E-state index contributed by atoms with van der Waals surface area (Å²) in [6.45, 7) is 4.14. The Bertz CT molecular complexity index is 817. The van der Waals surface area contributed by atoms with Gasteiger partial charge in [-0.15, -0.1) is 0 Å². The van der Waals surface area contributed by atoms with Gasteiger partial charge in [-0.05, 0) is 49.6 Å². The third kappa shape index (κ3) is 3.32. The summed E-state index contributed by atoms with van der Waals surface area (Å²) in [7, 11) is 0. The Kier molecular flexibility index (Phi) is 4.65. The summed E-state index contributed by atoms with van der Waals surface area (Å²) in [6.07, 6.45) is 2.28. The minimum Gasteiger partial charge on any atom is -0.341 e. The molecule has 1 aromatic heterocycles. The number of aryl methyl sites for hydroxylation is 1. The molecule has 6 nitrogen and oxygen atoms in total. The molecule has 7 heteroatoms. The summed E-state index contributed by atoms with van der Waals surface area (Å²) in [4.78, 5) is 23.9. The lowest BCUT2D eigenvalue weighted by Gasteiger charge is -2.23. The van der Waals surface area contributed by atoms with Crippen molar-refractivity contribution in [3.63, 3.8) is 0 Å². The molecule has 2 N–H and O–H groups in total. The molecule has 0 saturated carbocycles. The molecular weight excluding hydrogens is 333 g/mol. The van der Waals surface area contributed by atoms with Crippen molar-refractivity contribution in [2.45, 2.75) is 32.2 Å². The Morgan fingerprint density at radius 2 is 1.96 bits per heavy atom. The summed E-state index contributed by atoms with van der Waals surface area (Å²) in [5.74, 6) is 0.485. The van der Waals surface area contributed by atoms with Crippen LogP contribution in [0.2, 0.25) is 0 Å². The second kappa shape index (κ2) is 7.09. The maximum atomic E-state index is 13.2. The normalized spacial score (nSPS) is 19.9. The number of fused-ring (bicyclic) bond motifs is 1. The van der Waals surface area contributed by atoms with Crippen LogP contribution >= 0.6 is 0 Å². The molecule has 1 amide bonds. The molecule has 0 bridgehead atoms. The van der Waals surface area contributed by atoms with E-state index >= 15 is 0 Å². The molecule has 0 aliphatic carbocycles. The summed E-state index contributed by atoms with van der Waals surface area (Å²) < 4.78 is 13.2. The molecule has 26 heavy (non-hydrogen) atoms. The molecule has 1 unspecified atom stereocenters. The number of nitrogens with zero attached hydrogens (tertiary/aromatic N) is 3. The van der Waals surface area contributed by atoms with E-state index in [9.17, 15) is 9.18 Å². The first-order valence-corrected chi connectivity index (χ1v) is 9.01. The van der Waals surface area contributed by atoms with Crippen LogP contribution in [0.3, 0.4) is 0 Å². The Labute approximate surface area is 151 Å². The van der Waals surface area contributed by atoms with Gasteiger partial charge in [0, 0.05) is 43.0 Å². The number of carbonyl (C=O) groups is 1. The van der Waals surface area contributed by atoms with E-state index in [1.807, 2.05) is 11.8 Å². The van der Waals surface area contributed by atoms with E-state index in [2.05, 4.69) is 15.8 Å². The molecule has 1 atom stereocenters. The van der Waals surface area contributed by atoms with Gasteiger partial charge in [-0.1, -0.05) is 0 Å². The molecule has 2 aliphatic rings. The van der Waals surface area contributed by atoms with E-state index in [4.69, 9.17) is 4.98 Å². The summed E-state index contributed by atoms with van der Waals surface area (Å²) in [6, 6.07) is 6.09. The number of rotatable bonds is 2. The van der Waals surface area contributed by atoms with Crippen molar-refractivity contribution in [3.05, 3.63) is 47.0 Å². The lowest BCUT2D eigenvalue weighted by molar-refractivity contribution is -0.133. The zero-order chi connectivity index (χ0) is 18.1. The van der Waals surface area contributed by atoms with Gasteiger partial charge in [-0.2, -0.15) is 0 Å². The molecule has 2 aliphatic heterocycles. The third-order valence-electron chi connectivity index (χ3n) is 5.10. The maximum absolute atomic E-state index is 13.2. The molecule has 2 aromatic rings. The molecule has 0 radical (unpaired) electrons. The Balaban J connectivity index is 1.57. The number of hydrogen-bond donors (Lipinski definition) is 2. The Hall–Kier alpha value is -2.38. The Morgan fingerprint density at radius 1 is 1.19 bits per heavy atom. The van der Waals surface area contributed by atoms with Crippen LogP contribution in [0.5, 0.6) is 0 Å². The third-order valence-corrected chi connectivity index (χ3v) is 5.10. The fourth-order valence-electron chi connectivity index (χ4n) is 3.62. The van der Waals surface area contributed by atoms with Gasteiger partial charge >= 0.3 is 0 Å². The van der Waals surface area contributed by atoms with E-state index in [0.717, 1.165) is 41.9 Å². The first-order chi connectivity index (χ1) is 12.6. The van der Waals surface area contributed by atoms with Gasteiger partial charge in [0.25, 0.3) is 0 Å². The van der Waals surface area contributed by atoms with E-state index in [1.54, 1.807) is 12.1 Å². The number of hydrogen-bond acceptors (Lipinski definition) is 5. The van der Waals surface area contributed by atoms with Crippen LogP contribution in [0.15, 0.2) is 24.3 Å². The Morgan fingerprint density at radius 3 is 2.69 bits per heavy atom. The van der Waals surface area contributed by atoms with Gasteiger partial charge < -0.3 is 4.90 Å². The van der Waals surface area contributed by atoms with Crippen molar-refractivity contribution < 1.29 is 9.18 Å². The van der Waals surface area contributed by atoms with Crippen molar-refractivity contribution in [2.75, 3.05) is 19.6 Å². The second-order valence-electron chi connectivity index (χ2n) is 6.80. The van der Waals surface area contributed by atoms with E-state index in [-0.39, 0.29) is 17.8 Å². The van der Waals surface area contributed by atoms with Crippen molar-refractivity contribution >= 4 is 5.91 Å². The monoisotopic (exact) mass is 355 g/mol. The molecule has 0 spiro atoms. The van der Waals surface area contributed by atoms with Crippen LogP contribution < -0.4 is 10.9 Å². The van der Waals surface area contributed by atoms with Crippen LogP contribution in [0.4, 0.5) is 4.39 Å². The van der Waals surface area contributed by atoms with Crippen molar-refractivity contribution in [1.82, 2.24) is 25.7 Å². The smallest absolute Gasteiger partial charge is 0.241 e. The number of amides is 1. The number of hydrazine groups is 1. The fourth-order valence-corrected chi connectivity index (χ4v) is 3.62. The summed E-state index contributed by atoms with van der Waals surface area (Å²) in [5, 5.41) is 0. The van der Waals surface area contributed by atoms with Crippen molar-refractivity contribution in [1.29, 1.82) is 0 Å². The quantitative estimate of drug-likeness (QED) is 0.852. The lowest BCUT2D eigenvalue weighted by Crippen LogP contribution is -2.46. The molecule has 1 saturated heterocycles. The number of benzene rings is 1. The van der Waals surface area contributed by atoms with Crippen molar-refractivity contribution in [3.8, 4) is 11.4 Å². The van der Waals surface area contributed by atoms with Crippen LogP contribution in [0, 0.1) is 12.7 Å². The van der Waals surface area contributed by atoms with Gasteiger partial charge in [0.1, 0.15) is 11.9 Å². The highest BCUT2D eigenvalue weighted by atomic mass is 19.1. The zero-order valence-corrected chi connectivity index (χ0v) is 14.8. The van der Waals surface area contributed by atoms with Crippen LogP contribution in [0.25, 0.3) is 11.4 Å². The predicted octanol–water partition coefficient (Wildman–Crippen LogP) is 1.38. The molecule has 1 aromatic carbocycles. The van der Waals surface area contributed by atoms with Gasteiger partial charge in [-0.25, -0.2) is 19.8 Å². The topological polar surface area (TPSA) is 70.2 Å². The average molecular weight is 355 g/mol. The molecule has 1 fully saturated rings. The summed E-state index contributed by atoms with van der Waals surface area (Å²) in [5.41, 5.74) is 9.91. The first kappa shape index (κ1) is 17.1. The van der Waals surface area contributed by atoms with E-state index in [1.165, 1.54) is 12.1 Å². The predicted molar refractivity (Wildman–Crippen MR) is 95.7 cm³/mol. The zero-order valence-electron chi connectivity index (χ0n) is 14.8. The van der Waals surface area contributed by atoms with Crippen LogP contribution in [-0.2, 0) is 17.6 Å². The SMILES string of the molecule is Cc1nc(-c2ccc(F)cc2)nc2c1CCN(C(=O)C1CCNN1)CC2. The minimum atomic E-state index is -0.274. The highest BCUT2D eigenvalue weighted by molar-refractivity contribution is 5.82. The first-order valence-electron chi connectivity index (χ1n) is 9.01. The lowest BCUT2D eigenvalue weighted by atomic mass is 10.1. The molecule has 136 valence electrons. The highest BCUT2D eigenvalue weighted by Gasteiger charge is 2.29. The van der Waals surface area contributed by atoms with Crippen molar-refractivity contribution in [2.24, 2.45) is 0 Å². The largest absolute Gasteiger partial charge is 0.341 e. The fraction of sp³-hybridized carbons (Fsp3) is 0.421.